The molecule has 6 nitrogen and oxygen atoms in total. The summed E-state index contributed by atoms with van der Waals surface area (Å²) in [5.74, 6) is 1.80. The Kier molecular flexibility index (Phi) is 5.46. The van der Waals surface area contributed by atoms with Crippen LogP contribution >= 0.6 is 0 Å². The summed E-state index contributed by atoms with van der Waals surface area (Å²) in [6, 6.07) is 16.5. The summed E-state index contributed by atoms with van der Waals surface area (Å²) in [5.41, 5.74) is 6.78. The molecule has 0 radical (unpaired) electrons. The van der Waals surface area contributed by atoms with Gasteiger partial charge in [0.2, 0.25) is 5.91 Å². The number of ether oxygens (including phenoxy) is 1. The maximum absolute atomic E-state index is 13.6. The molecule has 1 amide bonds. The van der Waals surface area contributed by atoms with Crippen molar-refractivity contribution in [3.05, 3.63) is 94.6 Å². The number of nitrogens with one attached hydrogen (secondary N) is 1. The van der Waals surface area contributed by atoms with E-state index in [9.17, 15) is 4.79 Å². The number of furan rings is 1. The highest BCUT2D eigenvalue weighted by Crippen LogP contribution is 2.40. The van der Waals surface area contributed by atoms with Gasteiger partial charge in [-0.1, -0.05) is 24.3 Å². The molecule has 1 N–H and O–H groups in total. The molecule has 35 heavy (non-hydrogen) atoms. The Labute approximate surface area is 204 Å². The van der Waals surface area contributed by atoms with Crippen molar-refractivity contribution in [3.8, 4) is 5.75 Å². The van der Waals surface area contributed by atoms with Crippen LogP contribution < -0.4 is 4.74 Å². The zero-order valence-corrected chi connectivity index (χ0v) is 20.1. The van der Waals surface area contributed by atoms with Crippen molar-refractivity contribution >= 4 is 22.9 Å². The number of para-hydroxylation sites is 1. The Morgan fingerprint density at radius 1 is 1.17 bits per heavy atom. The lowest BCUT2D eigenvalue weighted by molar-refractivity contribution is -0.128. The topological polar surface area (TPSA) is 61.7 Å². The number of carbonyl (C=O) groups excluding carboxylic acids is 1. The lowest BCUT2D eigenvalue weighted by Crippen LogP contribution is -2.39. The summed E-state index contributed by atoms with van der Waals surface area (Å²) in [7, 11) is 4.00. The van der Waals surface area contributed by atoms with Crippen molar-refractivity contribution in [2.75, 3.05) is 27.2 Å². The number of aromatic amines is 1. The second kappa shape index (κ2) is 8.78. The average molecular weight is 468 g/mol. The van der Waals surface area contributed by atoms with E-state index >= 15 is 0 Å². The Morgan fingerprint density at radius 2 is 2.06 bits per heavy atom. The van der Waals surface area contributed by atoms with Crippen LogP contribution in [0.3, 0.4) is 0 Å². The van der Waals surface area contributed by atoms with Crippen LogP contribution in [0.4, 0.5) is 0 Å². The van der Waals surface area contributed by atoms with E-state index < -0.39 is 0 Å². The third-order valence-corrected chi connectivity index (χ3v) is 6.99. The standard InChI is InChI=1S/C29H29N3O3/c1-31(2)18-26-19(12-15-35-26)8-10-27(33)32-14-11-23-22-5-3-4-6-24(22)30-28(23)29(32)21-7-9-25-20(17-21)13-16-34-25/h3-10,12,15,17,29-30H,11,13-14,16,18H2,1-2H3. The maximum atomic E-state index is 13.6. The van der Waals surface area contributed by atoms with E-state index in [0.717, 1.165) is 46.7 Å². The van der Waals surface area contributed by atoms with E-state index in [1.807, 2.05) is 48.2 Å². The van der Waals surface area contributed by atoms with E-state index in [-0.39, 0.29) is 11.9 Å². The molecule has 4 heterocycles. The average Bonchev–Trinajstić information content (AvgIpc) is 3.59. The van der Waals surface area contributed by atoms with Crippen LogP contribution in [0.1, 0.15) is 39.7 Å². The number of aromatic nitrogens is 1. The molecule has 2 aromatic carbocycles. The van der Waals surface area contributed by atoms with Gasteiger partial charge < -0.3 is 23.9 Å². The zero-order chi connectivity index (χ0) is 23.9. The van der Waals surface area contributed by atoms with Gasteiger partial charge in [-0.15, -0.1) is 0 Å². The molecule has 4 aromatic rings. The smallest absolute Gasteiger partial charge is 0.247 e. The molecule has 1 unspecified atom stereocenters. The van der Waals surface area contributed by atoms with E-state index in [4.69, 9.17) is 9.15 Å². The van der Waals surface area contributed by atoms with Crippen molar-refractivity contribution in [1.82, 2.24) is 14.8 Å². The highest BCUT2D eigenvalue weighted by molar-refractivity contribution is 5.93. The summed E-state index contributed by atoms with van der Waals surface area (Å²) >= 11 is 0. The minimum atomic E-state index is -0.181. The number of amides is 1. The summed E-state index contributed by atoms with van der Waals surface area (Å²) < 4.78 is 11.4. The normalized spacial score (nSPS) is 17.2. The second-order valence-corrected chi connectivity index (χ2v) is 9.58. The van der Waals surface area contributed by atoms with Crippen LogP contribution in [0, 0.1) is 0 Å². The van der Waals surface area contributed by atoms with Crippen molar-refractivity contribution < 1.29 is 13.9 Å². The van der Waals surface area contributed by atoms with Crippen LogP contribution in [0.25, 0.3) is 17.0 Å². The zero-order valence-electron chi connectivity index (χ0n) is 20.1. The fraction of sp³-hybridized carbons (Fsp3) is 0.276. The fourth-order valence-electron chi connectivity index (χ4n) is 5.37. The first kappa shape index (κ1) is 21.7. The predicted octanol–water partition coefficient (Wildman–Crippen LogP) is 4.94. The lowest BCUT2D eigenvalue weighted by atomic mass is 9.91. The largest absolute Gasteiger partial charge is 0.493 e. The van der Waals surface area contributed by atoms with E-state index in [1.54, 1.807) is 12.3 Å². The summed E-state index contributed by atoms with van der Waals surface area (Å²) in [4.78, 5) is 21.3. The molecule has 0 bridgehead atoms. The first-order chi connectivity index (χ1) is 17.1. The molecule has 0 saturated heterocycles. The van der Waals surface area contributed by atoms with Crippen molar-refractivity contribution in [2.45, 2.75) is 25.4 Å². The summed E-state index contributed by atoms with van der Waals surface area (Å²) in [5, 5.41) is 1.24. The molecule has 0 fully saturated rings. The van der Waals surface area contributed by atoms with Gasteiger partial charge in [-0.2, -0.15) is 0 Å². The van der Waals surface area contributed by atoms with Gasteiger partial charge in [0.15, 0.2) is 0 Å². The molecule has 2 aliphatic heterocycles. The van der Waals surface area contributed by atoms with Crippen molar-refractivity contribution in [2.24, 2.45) is 0 Å². The van der Waals surface area contributed by atoms with E-state index in [1.165, 1.54) is 16.5 Å². The number of hydrogen-bond acceptors (Lipinski definition) is 4. The summed E-state index contributed by atoms with van der Waals surface area (Å²) in [6.45, 7) is 2.06. The first-order valence-corrected chi connectivity index (χ1v) is 12.1. The molecule has 0 spiro atoms. The first-order valence-electron chi connectivity index (χ1n) is 12.1. The van der Waals surface area contributed by atoms with Crippen molar-refractivity contribution in [3.63, 3.8) is 0 Å². The monoisotopic (exact) mass is 467 g/mol. The molecule has 6 heteroatoms. The van der Waals surface area contributed by atoms with E-state index in [0.29, 0.717) is 19.7 Å². The Balaban J connectivity index is 1.38. The van der Waals surface area contributed by atoms with Gasteiger partial charge in [0.05, 0.1) is 25.5 Å². The fourth-order valence-corrected chi connectivity index (χ4v) is 5.37. The predicted molar refractivity (Wildman–Crippen MR) is 136 cm³/mol. The molecular formula is C29H29N3O3. The number of fused-ring (bicyclic) bond motifs is 4. The quantitative estimate of drug-likeness (QED) is 0.422. The minimum Gasteiger partial charge on any atom is -0.493 e. The third kappa shape index (κ3) is 3.94. The maximum Gasteiger partial charge on any atom is 0.247 e. The van der Waals surface area contributed by atoms with Crippen LogP contribution in [0.5, 0.6) is 5.75 Å². The Bertz CT molecular complexity index is 1430. The molecule has 178 valence electrons. The lowest BCUT2D eigenvalue weighted by Gasteiger charge is -2.36. The highest BCUT2D eigenvalue weighted by Gasteiger charge is 2.34. The Morgan fingerprint density at radius 3 is 2.94 bits per heavy atom. The van der Waals surface area contributed by atoms with Crippen LogP contribution in [-0.4, -0.2) is 47.9 Å². The molecule has 1 atom stereocenters. The molecule has 2 aromatic heterocycles. The second-order valence-electron chi connectivity index (χ2n) is 9.58. The molecule has 0 aliphatic carbocycles. The number of rotatable bonds is 5. The van der Waals surface area contributed by atoms with Crippen LogP contribution in [0.15, 0.2) is 65.3 Å². The molecule has 6 rings (SSSR count). The van der Waals surface area contributed by atoms with E-state index in [2.05, 4.69) is 35.3 Å². The highest BCUT2D eigenvalue weighted by atomic mass is 16.5. The van der Waals surface area contributed by atoms with Gasteiger partial charge >= 0.3 is 0 Å². The Hall–Kier alpha value is -3.77. The minimum absolute atomic E-state index is 0.00643. The van der Waals surface area contributed by atoms with Gasteiger partial charge in [-0.3, -0.25) is 4.79 Å². The van der Waals surface area contributed by atoms with Gasteiger partial charge in [-0.25, -0.2) is 0 Å². The van der Waals surface area contributed by atoms with Gasteiger partial charge in [-0.05, 0) is 67.5 Å². The molecule has 2 aliphatic rings. The third-order valence-electron chi connectivity index (χ3n) is 6.99. The number of hydrogen-bond donors (Lipinski definition) is 1. The van der Waals surface area contributed by atoms with Crippen molar-refractivity contribution in [1.29, 1.82) is 0 Å². The SMILES string of the molecule is CN(C)Cc1occc1C=CC(=O)N1CCc2c([nH]c3ccccc23)C1c1ccc2c(c1)CCO2. The van der Waals surface area contributed by atoms with Gasteiger partial charge in [0.25, 0.3) is 0 Å². The van der Waals surface area contributed by atoms with Crippen LogP contribution in [0.2, 0.25) is 0 Å². The molecular weight excluding hydrogens is 438 g/mol. The molecule has 0 saturated carbocycles. The van der Waals surface area contributed by atoms with Gasteiger partial charge in [0.1, 0.15) is 11.5 Å². The number of nitrogens with zero attached hydrogens (tertiary/aromatic N) is 2. The number of benzene rings is 2. The van der Waals surface area contributed by atoms with Crippen LogP contribution in [-0.2, 0) is 24.2 Å². The van der Waals surface area contributed by atoms with Gasteiger partial charge in [0, 0.05) is 41.2 Å². The number of H-pyrrole nitrogens is 1. The summed E-state index contributed by atoms with van der Waals surface area (Å²) in [6.07, 6.45) is 6.95. The number of carbonyl (C=O) groups is 1.